The largest absolute Gasteiger partial charge is 0.480 e. The highest BCUT2D eigenvalue weighted by Crippen LogP contribution is 2.24. The molecule has 0 unspecified atom stereocenters. The maximum Gasteiger partial charge on any atom is 0.265 e. The van der Waals surface area contributed by atoms with E-state index >= 15 is 0 Å². The molecule has 0 aliphatic carbocycles. The van der Waals surface area contributed by atoms with Crippen LogP contribution < -0.4 is 15.4 Å². The lowest BCUT2D eigenvalue weighted by Crippen LogP contribution is -2.30. The first kappa shape index (κ1) is 17.5. The molecule has 2 aromatic rings. The molecule has 2 amide bonds. The summed E-state index contributed by atoms with van der Waals surface area (Å²) in [6.45, 7) is 7.04. The van der Waals surface area contributed by atoms with Crippen molar-refractivity contribution in [2.75, 3.05) is 10.6 Å². The van der Waals surface area contributed by atoms with Crippen LogP contribution in [0.2, 0.25) is 0 Å². The van der Waals surface area contributed by atoms with Gasteiger partial charge in [0.05, 0.1) is 0 Å². The van der Waals surface area contributed by atoms with Crippen LogP contribution in [0, 0.1) is 13.8 Å². The summed E-state index contributed by atoms with van der Waals surface area (Å²) in [6, 6.07) is 12.8. The van der Waals surface area contributed by atoms with E-state index < -0.39 is 6.10 Å². The lowest BCUT2D eigenvalue weighted by Gasteiger charge is -2.18. The van der Waals surface area contributed by atoms with E-state index in [1.807, 2.05) is 32.0 Å². The highest BCUT2D eigenvalue weighted by atomic mass is 16.5. The number of nitrogens with one attached hydrogen (secondary N) is 2. The summed E-state index contributed by atoms with van der Waals surface area (Å²) in [5.74, 6) is 0.315. The Labute approximate surface area is 142 Å². The van der Waals surface area contributed by atoms with Crippen LogP contribution in [0.4, 0.5) is 11.4 Å². The third-order valence-corrected chi connectivity index (χ3v) is 3.52. The van der Waals surface area contributed by atoms with Crippen molar-refractivity contribution < 1.29 is 14.3 Å². The molecule has 0 heterocycles. The molecule has 2 aromatic carbocycles. The average molecular weight is 326 g/mol. The molecule has 1 atom stereocenters. The maximum absolute atomic E-state index is 12.3. The molecular formula is C19H22N2O3. The molecule has 0 saturated carbocycles. The molecule has 2 rings (SSSR count). The predicted molar refractivity (Wildman–Crippen MR) is 95.4 cm³/mol. The fourth-order valence-corrected chi connectivity index (χ4v) is 2.34. The Hall–Kier alpha value is -2.82. The Kier molecular flexibility index (Phi) is 5.58. The standard InChI is InChI=1S/C19H22N2O3/c1-12-7-5-8-13(2)18(12)24-14(3)19(23)21-17-10-6-9-16(11-17)20-15(4)22/h5-11,14H,1-4H3,(H,20,22)(H,21,23)/t14-/m1/s1. The number of benzene rings is 2. The zero-order chi connectivity index (χ0) is 17.7. The summed E-state index contributed by atoms with van der Waals surface area (Å²) in [6.07, 6.45) is -0.644. The second-order valence-electron chi connectivity index (χ2n) is 5.73. The first-order valence-corrected chi connectivity index (χ1v) is 7.78. The molecule has 0 fully saturated rings. The third-order valence-electron chi connectivity index (χ3n) is 3.52. The Morgan fingerprint density at radius 3 is 2.08 bits per heavy atom. The SMILES string of the molecule is CC(=O)Nc1cccc(NC(=O)[C@@H](C)Oc2c(C)cccc2C)c1. The first-order chi connectivity index (χ1) is 11.4. The van der Waals surface area contributed by atoms with Crippen molar-refractivity contribution in [1.29, 1.82) is 0 Å². The highest BCUT2D eigenvalue weighted by molar-refractivity contribution is 5.95. The minimum Gasteiger partial charge on any atom is -0.480 e. The van der Waals surface area contributed by atoms with Gasteiger partial charge in [0.1, 0.15) is 5.75 Å². The topological polar surface area (TPSA) is 67.4 Å². The normalized spacial score (nSPS) is 11.5. The molecule has 24 heavy (non-hydrogen) atoms. The third kappa shape index (κ3) is 4.59. The molecule has 0 spiro atoms. The van der Waals surface area contributed by atoms with Crippen molar-refractivity contribution in [3.63, 3.8) is 0 Å². The molecule has 126 valence electrons. The summed E-state index contributed by atoms with van der Waals surface area (Å²) in [5.41, 5.74) is 3.21. The summed E-state index contributed by atoms with van der Waals surface area (Å²) in [5, 5.41) is 5.48. The van der Waals surface area contributed by atoms with Gasteiger partial charge in [-0.05, 0) is 50.1 Å². The number of amides is 2. The molecule has 0 aromatic heterocycles. The van der Waals surface area contributed by atoms with E-state index in [0.29, 0.717) is 11.4 Å². The summed E-state index contributed by atoms with van der Waals surface area (Å²) >= 11 is 0. The summed E-state index contributed by atoms with van der Waals surface area (Å²) in [4.78, 5) is 23.5. The van der Waals surface area contributed by atoms with E-state index in [4.69, 9.17) is 4.74 Å². The van der Waals surface area contributed by atoms with Crippen molar-refractivity contribution >= 4 is 23.2 Å². The van der Waals surface area contributed by atoms with Gasteiger partial charge >= 0.3 is 0 Å². The molecule has 5 heteroatoms. The minimum atomic E-state index is -0.644. The number of ether oxygens (including phenoxy) is 1. The Bertz CT molecular complexity index is 736. The van der Waals surface area contributed by atoms with Crippen LogP contribution in [0.1, 0.15) is 25.0 Å². The van der Waals surface area contributed by atoms with Crippen LogP contribution in [-0.2, 0) is 9.59 Å². The van der Waals surface area contributed by atoms with Crippen molar-refractivity contribution in [3.05, 3.63) is 53.6 Å². The Balaban J connectivity index is 2.05. The van der Waals surface area contributed by atoms with E-state index in [2.05, 4.69) is 10.6 Å². The van der Waals surface area contributed by atoms with Crippen molar-refractivity contribution in [2.45, 2.75) is 33.8 Å². The molecule has 0 radical (unpaired) electrons. The van der Waals surface area contributed by atoms with Crippen LogP contribution in [0.3, 0.4) is 0 Å². The second kappa shape index (κ2) is 7.64. The molecule has 2 N–H and O–H groups in total. The van der Waals surface area contributed by atoms with E-state index in [1.54, 1.807) is 31.2 Å². The molecular weight excluding hydrogens is 304 g/mol. The number of para-hydroxylation sites is 1. The van der Waals surface area contributed by atoms with E-state index in [0.717, 1.165) is 16.9 Å². The number of anilines is 2. The van der Waals surface area contributed by atoms with Crippen LogP contribution in [0.5, 0.6) is 5.75 Å². The van der Waals surface area contributed by atoms with Gasteiger partial charge in [-0.15, -0.1) is 0 Å². The molecule has 0 aliphatic heterocycles. The van der Waals surface area contributed by atoms with Gasteiger partial charge in [0.25, 0.3) is 5.91 Å². The molecule has 5 nitrogen and oxygen atoms in total. The number of aryl methyl sites for hydroxylation is 2. The maximum atomic E-state index is 12.3. The van der Waals surface area contributed by atoms with Gasteiger partial charge < -0.3 is 15.4 Å². The quantitative estimate of drug-likeness (QED) is 0.881. The van der Waals surface area contributed by atoms with Gasteiger partial charge in [-0.25, -0.2) is 0 Å². The van der Waals surface area contributed by atoms with Gasteiger partial charge in [-0.1, -0.05) is 24.3 Å². The lowest BCUT2D eigenvalue weighted by molar-refractivity contribution is -0.122. The average Bonchev–Trinajstić information content (AvgIpc) is 2.50. The molecule has 0 bridgehead atoms. The number of rotatable bonds is 5. The smallest absolute Gasteiger partial charge is 0.265 e. The predicted octanol–water partition coefficient (Wildman–Crippen LogP) is 3.67. The molecule has 0 aliphatic rings. The van der Waals surface area contributed by atoms with Crippen molar-refractivity contribution in [1.82, 2.24) is 0 Å². The fourth-order valence-electron chi connectivity index (χ4n) is 2.34. The van der Waals surface area contributed by atoms with Crippen LogP contribution in [-0.4, -0.2) is 17.9 Å². The van der Waals surface area contributed by atoms with Gasteiger partial charge in [0.15, 0.2) is 6.10 Å². The molecule has 0 saturated heterocycles. The van der Waals surface area contributed by atoms with Gasteiger partial charge in [-0.2, -0.15) is 0 Å². The van der Waals surface area contributed by atoms with Crippen molar-refractivity contribution in [3.8, 4) is 5.75 Å². The lowest BCUT2D eigenvalue weighted by atomic mass is 10.1. The van der Waals surface area contributed by atoms with Crippen LogP contribution in [0.25, 0.3) is 0 Å². The van der Waals surface area contributed by atoms with Crippen LogP contribution in [0.15, 0.2) is 42.5 Å². The minimum absolute atomic E-state index is 0.162. The van der Waals surface area contributed by atoms with Gasteiger partial charge in [0, 0.05) is 18.3 Å². The number of carbonyl (C=O) groups excluding carboxylic acids is 2. The second-order valence-corrected chi connectivity index (χ2v) is 5.73. The van der Waals surface area contributed by atoms with Crippen molar-refractivity contribution in [2.24, 2.45) is 0 Å². The summed E-state index contributed by atoms with van der Waals surface area (Å²) < 4.78 is 5.82. The number of hydrogen-bond donors (Lipinski definition) is 2. The van der Waals surface area contributed by atoms with E-state index in [-0.39, 0.29) is 11.8 Å². The van der Waals surface area contributed by atoms with Gasteiger partial charge in [0.2, 0.25) is 5.91 Å². The van der Waals surface area contributed by atoms with Gasteiger partial charge in [-0.3, -0.25) is 9.59 Å². The van der Waals surface area contributed by atoms with Crippen LogP contribution >= 0.6 is 0 Å². The summed E-state index contributed by atoms with van der Waals surface area (Å²) in [7, 11) is 0. The van der Waals surface area contributed by atoms with E-state index in [9.17, 15) is 9.59 Å². The zero-order valence-corrected chi connectivity index (χ0v) is 14.3. The fraction of sp³-hybridized carbons (Fsp3) is 0.263. The highest BCUT2D eigenvalue weighted by Gasteiger charge is 2.17. The number of hydrogen-bond acceptors (Lipinski definition) is 3. The van der Waals surface area contributed by atoms with E-state index in [1.165, 1.54) is 6.92 Å². The number of carbonyl (C=O) groups is 2. The monoisotopic (exact) mass is 326 g/mol. The first-order valence-electron chi connectivity index (χ1n) is 7.78. The Morgan fingerprint density at radius 1 is 0.958 bits per heavy atom. The Morgan fingerprint density at radius 2 is 1.50 bits per heavy atom. The zero-order valence-electron chi connectivity index (χ0n) is 14.3.